The van der Waals surface area contributed by atoms with E-state index < -0.39 is 0 Å². The summed E-state index contributed by atoms with van der Waals surface area (Å²) in [6.45, 7) is 4.53. The fourth-order valence-corrected chi connectivity index (χ4v) is 4.02. The monoisotopic (exact) mass is 346 g/mol. The summed E-state index contributed by atoms with van der Waals surface area (Å²) in [7, 11) is 0. The van der Waals surface area contributed by atoms with Crippen molar-refractivity contribution < 1.29 is 4.79 Å². The number of hydrogen-bond acceptors (Lipinski definition) is 2. The second kappa shape index (κ2) is 7.88. The van der Waals surface area contributed by atoms with Gasteiger partial charge in [-0.2, -0.15) is 0 Å². The first-order valence-corrected chi connectivity index (χ1v) is 9.59. The number of rotatable bonds is 4. The first-order chi connectivity index (χ1) is 12.8. The Morgan fingerprint density at radius 3 is 2.27 bits per heavy atom. The third-order valence-electron chi connectivity index (χ3n) is 5.56. The van der Waals surface area contributed by atoms with Crippen LogP contribution in [0.15, 0.2) is 66.7 Å². The molecular formula is C23H26N2O. The topological polar surface area (TPSA) is 23.6 Å². The van der Waals surface area contributed by atoms with Crippen molar-refractivity contribution in [2.45, 2.75) is 19.4 Å². The fraction of sp³-hybridized carbons (Fsp3) is 0.348. The zero-order chi connectivity index (χ0) is 17.8. The van der Waals surface area contributed by atoms with Gasteiger partial charge in [-0.05, 0) is 42.6 Å². The number of benzene rings is 2. The normalized spacial score (nSPS) is 18.8. The van der Waals surface area contributed by atoms with Crippen LogP contribution in [0.25, 0.3) is 5.57 Å². The molecule has 0 unspecified atom stereocenters. The number of hydrogen-bond donors (Lipinski definition) is 0. The van der Waals surface area contributed by atoms with Crippen LogP contribution in [0.1, 0.15) is 24.0 Å². The molecule has 0 atom stereocenters. The van der Waals surface area contributed by atoms with E-state index in [0.29, 0.717) is 5.91 Å². The molecule has 0 saturated carbocycles. The molecule has 4 rings (SSSR count). The Bertz CT molecular complexity index is 761. The highest BCUT2D eigenvalue weighted by Crippen LogP contribution is 2.26. The molecule has 26 heavy (non-hydrogen) atoms. The number of likely N-dealkylation sites (tertiary alicyclic amines) is 1. The Morgan fingerprint density at radius 2 is 1.58 bits per heavy atom. The van der Waals surface area contributed by atoms with Crippen LogP contribution in [0, 0.1) is 5.92 Å². The Kier molecular flexibility index (Phi) is 5.16. The molecule has 3 nitrogen and oxygen atoms in total. The molecule has 2 aliphatic rings. The van der Waals surface area contributed by atoms with Crippen LogP contribution in [-0.2, 0) is 11.3 Å². The first kappa shape index (κ1) is 17.0. The van der Waals surface area contributed by atoms with Crippen molar-refractivity contribution >= 4 is 11.5 Å². The number of carbonyl (C=O) groups is 1. The maximum Gasteiger partial charge on any atom is 0.226 e. The zero-order valence-electron chi connectivity index (χ0n) is 15.2. The van der Waals surface area contributed by atoms with Gasteiger partial charge in [-0.15, -0.1) is 0 Å². The zero-order valence-corrected chi connectivity index (χ0v) is 15.2. The van der Waals surface area contributed by atoms with E-state index in [1.54, 1.807) is 0 Å². The van der Waals surface area contributed by atoms with Gasteiger partial charge in [0.15, 0.2) is 0 Å². The van der Waals surface area contributed by atoms with E-state index in [2.05, 4.69) is 65.6 Å². The average Bonchev–Trinajstić information content (AvgIpc) is 3.20. The smallest absolute Gasteiger partial charge is 0.226 e. The van der Waals surface area contributed by atoms with Gasteiger partial charge < -0.3 is 4.90 Å². The maximum atomic E-state index is 12.9. The molecule has 134 valence electrons. The molecular weight excluding hydrogens is 320 g/mol. The lowest BCUT2D eigenvalue weighted by Gasteiger charge is -2.33. The van der Waals surface area contributed by atoms with Crippen molar-refractivity contribution in [3.63, 3.8) is 0 Å². The summed E-state index contributed by atoms with van der Waals surface area (Å²) in [5, 5.41) is 0. The standard InChI is InChI=1S/C23H26N2O/c26-23(25-16-13-22(18-25)20-9-5-2-6-10-20)21-11-14-24(15-12-21)17-19-7-3-1-4-8-19/h1-10,13,21H,11-12,14-18H2. The Hall–Kier alpha value is -2.39. The van der Waals surface area contributed by atoms with Crippen LogP contribution < -0.4 is 0 Å². The van der Waals surface area contributed by atoms with Crippen LogP contribution >= 0.6 is 0 Å². The highest BCUT2D eigenvalue weighted by atomic mass is 16.2. The minimum Gasteiger partial charge on any atom is -0.334 e. The minimum atomic E-state index is 0.186. The highest BCUT2D eigenvalue weighted by Gasteiger charge is 2.30. The molecule has 0 aromatic heterocycles. The lowest BCUT2D eigenvalue weighted by molar-refractivity contribution is -0.135. The Labute approximate surface area is 155 Å². The van der Waals surface area contributed by atoms with Gasteiger partial charge in [0.2, 0.25) is 5.91 Å². The second-order valence-corrected chi connectivity index (χ2v) is 7.35. The first-order valence-electron chi connectivity index (χ1n) is 9.59. The number of carbonyl (C=O) groups excluding carboxylic acids is 1. The van der Waals surface area contributed by atoms with Crippen molar-refractivity contribution in [3.05, 3.63) is 77.9 Å². The number of nitrogens with zero attached hydrogens (tertiary/aromatic N) is 2. The summed E-state index contributed by atoms with van der Waals surface area (Å²) < 4.78 is 0. The predicted octanol–water partition coefficient (Wildman–Crippen LogP) is 3.82. The SMILES string of the molecule is O=C(C1CCN(Cc2ccccc2)CC1)N1CC=C(c2ccccc2)C1. The van der Waals surface area contributed by atoms with Crippen LogP contribution in [0.2, 0.25) is 0 Å². The van der Waals surface area contributed by atoms with Crippen LogP contribution in [-0.4, -0.2) is 41.9 Å². The van der Waals surface area contributed by atoms with Gasteiger partial charge in [0.25, 0.3) is 0 Å². The maximum absolute atomic E-state index is 12.9. The van der Waals surface area contributed by atoms with E-state index in [-0.39, 0.29) is 5.92 Å². The van der Waals surface area contributed by atoms with E-state index in [1.807, 2.05) is 11.0 Å². The van der Waals surface area contributed by atoms with Crippen LogP contribution in [0.3, 0.4) is 0 Å². The number of piperidine rings is 1. The van der Waals surface area contributed by atoms with Gasteiger partial charge in [0.1, 0.15) is 0 Å². The van der Waals surface area contributed by atoms with Gasteiger partial charge in [0, 0.05) is 25.6 Å². The molecule has 0 aliphatic carbocycles. The van der Waals surface area contributed by atoms with E-state index in [0.717, 1.165) is 45.6 Å². The van der Waals surface area contributed by atoms with Crippen LogP contribution in [0.4, 0.5) is 0 Å². The molecule has 3 heteroatoms. The lowest BCUT2D eigenvalue weighted by Crippen LogP contribution is -2.41. The quantitative estimate of drug-likeness (QED) is 0.840. The predicted molar refractivity (Wildman–Crippen MR) is 105 cm³/mol. The molecule has 0 radical (unpaired) electrons. The van der Waals surface area contributed by atoms with Crippen molar-refractivity contribution in [1.29, 1.82) is 0 Å². The third kappa shape index (κ3) is 3.88. The molecule has 0 bridgehead atoms. The molecule has 1 amide bonds. The fourth-order valence-electron chi connectivity index (χ4n) is 4.02. The van der Waals surface area contributed by atoms with Gasteiger partial charge >= 0.3 is 0 Å². The molecule has 2 aromatic carbocycles. The number of amides is 1. The van der Waals surface area contributed by atoms with E-state index in [4.69, 9.17) is 0 Å². The van der Waals surface area contributed by atoms with Crippen molar-refractivity contribution in [2.75, 3.05) is 26.2 Å². The Balaban J connectivity index is 1.28. The van der Waals surface area contributed by atoms with Crippen molar-refractivity contribution in [2.24, 2.45) is 5.92 Å². The molecule has 2 aliphatic heterocycles. The average molecular weight is 346 g/mol. The van der Waals surface area contributed by atoms with E-state index >= 15 is 0 Å². The van der Waals surface area contributed by atoms with Gasteiger partial charge in [-0.1, -0.05) is 66.7 Å². The highest BCUT2D eigenvalue weighted by molar-refractivity contribution is 5.83. The molecule has 2 aromatic rings. The molecule has 2 heterocycles. The summed E-state index contributed by atoms with van der Waals surface area (Å²) in [6.07, 6.45) is 4.16. The summed E-state index contributed by atoms with van der Waals surface area (Å²) >= 11 is 0. The van der Waals surface area contributed by atoms with Gasteiger partial charge in [-0.3, -0.25) is 9.69 Å². The Morgan fingerprint density at radius 1 is 0.923 bits per heavy atom. The third-order valence-corrected chi connectivity index (χ3v) is 5.56. The van der Waals surface area contributed by atoms with Crippen LogP contribution in [0.5, 0.6) is 0 Å². The minimum absolute atomic E-state index is 0.186. The molecule has 0 spiro atoms. The largest absolute Gasteiger partial charge is 0.334 e. The lowest BCUT2D eigenvalue weighted by atomic mass is 9.95. The molecule has 1 saturated heterocycles. The summed E-state index contributed by atoms with van der Waals surface area (Å²) in [4.78, 5) is 17.4. The molecule has 1 fully saturated rings. The van der Waals surface area contributed by atoms with Crippen molar-refractivity contribution in [3.8, 4) is 0 Å². The summed E-state index contributed by atoms with van der Waals surface area (Å²) in [5.41, 5.74) is 3.87. The summed E-state index contributed by atoms with van der Waals surface area (Å²) in [6, 6.07) is 21.0. The van der Waals surface area contributed by atoms with Gasteiger partial charge in [0.05, 0.1) is 0 Å². The summed E-state index contributed by atoms with van der Waals surface area (Å²) in [5.74, 6) is 0.525. The van der Waals surface area contributed by atoms with Crippen molar-refractivity contribution in [1.82, 2.24) is 9.80 Å². The van der Waals surface area contributed by atoms with Gasteiger partial charge in [-0.25, -0.2) is 0 Å². The van der Waals surface area contributed by atoms with E-state index in [9.17, 15) is 4.79 Å². The molecule has 0 N–H and O–H groups in total. The van der Waals surface area contributed by atoms with E-state index in [1.165, 1.54) is 16.7 Å². The second-order valence-electron chi connectivity index (χ2n) is 7.35.